The van der Waals surface area contributed by atoms with Crippen molar-refractivity contribution in [2.24, 2.45) is 5.92 Å². The standard InChI is InChI=1S/C20H20F2NO/c21-16-6-7-17(18(22)12-16)19-20(24)15-8-10-23(19,11-9-15)13-14-4-2-1-3-5-14/h1-7,12,15,19H,8-11,13H2/q+1. The number of piperidine rings is 3. The Hall–Kier alpha value is -2.07. The maximum absolute atomic E-state index is 14.4. The first-order valence-corrected chi connectivity index (χ1v) is 8.47. The van der Waals surface area contributed by atoms with Crippen LogP contribution in [0.25, 0.3) is 0 Å². The van der Waals surface area contributed by atoms with E-state index < -0.39 is 17.7 Å². The maximum atomic E-state index is 14.4. The molecule has 0 saturated carbocycles. The summed E-state index contributed by atoms with van der Waals surface area (Å²) >= 11 is 0. The normalized spacial score (nSPS) is 29.0. The molecule has 3 aliphatic heterocycles. The lowest BCUT2D eigenvalue weighted by molar-refractivity contribution is -0.971. The Labute approximate surface area is 140 Å². The molecule has 3 heterocycles. The van der Waals surface area contributed by atoms with Crippen molar-refractivity contribution in [1.82, 2.24) is 0 Å². The van der Waals surface area contributed by atoms with Crippen LogP contribution in [-0.2, 0) is 11.3 Å². The number of halogens is 2. The van der Waals surface area contributed by atoms with Crippen molar-refractivity contribution in [3.8, 4) is 0 Å². The Morgan fingerprint density at radius 2 is 1.71 bits per heavy atom. The summed E-state index contributed by atoms with van der Waals surface area (Å²) < 4.78 is 28.3. The van der Waals surface area contributed by atoms with Crippen molar-refractivity contribution in [3.63, 3.8) is 0 Å². The second-order valence-corrected chi connectivity index (χ2v) is 7.05. The fourth-order valence-electron chi connectivity index (χ4n) is 4.49. The molecule has 0 radical (unpaired) electrons. The van der Waals surface area contributed by atoms with E-state index in [1.54, 1.807) is 0 Å². The van der Waals surface area contributed by atoms with Gasteiger partial charge < -0.3 is 4.48 Å². The van der Waals surface area contributed by atoms with Crippen LogP contribution >= 0.6 is 0 Å². The lowest BCUT2D eigenvalue weighted by Gasteiger charge is -2.53. The Morgan fingerprint density at radius 3 is 2.38 bits per heavy atom. The summed E-state index contributed by atoms with van der Waals surface area (Å²) in [6, 6.07) is 13.1. The van der Waals surface area contributed by atoms with Gasteiger partial charge in [0.25, 0.3) is 0 Å². The molecule has 2 bridgehead atoms. The van der Waals surface area contributed by atoms with Crippen LogP contribution in [0.15, 0.2) is 48.5 Å². The first-order chi connectivity index (χ1) is 11.6. The van der Waals surface area contributed by atoms with Gasteiger partial charge in [0.2, 0.25) is 0 Å². The molecule has 1 atom stereocenters. The summed E-state index contributed by atoms with van der Waals surface area (Å²) in [7, 11) is 0. The van der Waals surface area contributed by atoms with Gasteiger partial charge in [-0.2, -0.15) is 0 Å². The molecule has 124 valence electrons. The van der Waals surface area contributed by atoms with Crippen molar-refractivity contribution >= 4 is 5.78 Å². The number of hydrogen-bond donors (Lipinski definition) is 0. The molecule has 2 aromatic carbocycles. The van der Waals surface area contributed by atoms with Gasteiger partial charge in [-0.05, 0) is 12.1 Å². The summed E-state index contributed by atoms with van der Waals surface area (Å²) in [6.45, 7) is 2.44. The molecule has 3 saturated heterocycles. The van der Waals surface area contributed by atoms with Crippen LogP contribution in [0, 0.1) is 17.6 Å². The van der Waals surface area contributed by atoms with Gasteiger partial charge in [0, 0.05) is 30.4 Å². The topological polar surface area (TPSA) is 17.1 Å². The van der Waals surface area contributed by atoms with Crippen molar-refractivity contribution in [1.29, 1.82) is 0 Å². The van der Waals surface area contributed by atoms with Gasteiger partial charge in [-0.1, -0.05) is 30.3 Å². The van der Waals surface area contributed by atoms with Gasteiger partial charge in [-0.25, -0.2) is 8.78 Å². The lowest BCUT2D eigenvalue weighted by atomic mass is 9.76. The van der Waals surface area contributed by atoms with E-state index in [4.69, 9.17) is 0 Å². The predicted molar refractivity (Wildman–Crippen MR) is 87.0 cm³/mol. The lowest BCUT2D eigenvalue weighted by Crippen LogP contribution is -2.63. The van der Waals surface area contributed by atoms with E-state index in [1.165, 1.54) is 12.1 Å². The van der Waals surface area contributed by atoms with E-state index in [9.17, 15) is 13.6 Å². The number of carbonyl (C=O) groups is 1. The Balaban J connectivity index is 1.78. The fraction of sp³-hybridized carbons (Fsp3) is 0.350. The molecule has 2 aromatic rings. The molecule has 0 aromatic heterocycles. The molecule has 0 spiro atoms. The van der Waals surface area contributed by atoms with E-state index in [2.05, 4.69) is 12.1 Å². The van der Waals surface area contributed by atoms with Crippen molar-refractivity contribution in [3.05, 3.63) is 71.3 Å². The highest BCUT2D eigenvalue weighted by Gasteiger charge is 2.54. The molecule has 0 aliphatic carbocycles. The Morgan fingerprint density at radius 1 is 1.00 bits per heavy atom. The third kappa shape index (κ3) is 2.46. The number of fused-ring (bicyclic) bond motifs is 3. The highest BCUT2D eigenvalue weighted by atomic mass is 19.1. The number of Topliss-reactive ketones (excluding diaryl/α,β-unsaturated/α-hetero) is 1. The molecule has 24 heavy (non-hydrogen) atoms. The average molecular weight is 328 g/mol. The van der Waals surface area contributed by atoms with Crippen LogP contribution in [0.4, 0.5) is 8.78 Å². The molecule has 0 N–H and O–H groups in total. The SMILES string of the molecule is O=C1C2CC[N+](Cc3ccccc3)(CC2)C1c1ccc(F)cc1F. The van der Waals surface area contributed by atoms with E-state index >= 15 is 0 Å². The van der Waals surface area contributed by atoms with Crippen LogP contribution in [0.3, 0.4) is 0 Å². The van der Waals surface area contributed by atoms with Gasteiger partial charge in [0.15, 0.2) is 11.8 Å². The second-order valence-electron chi connectivity index (χ2n) is 7.05. The number of quaternary nitrogens is 1. The summed E-state index contributed by atoms with van der Waals surface area (Å²) in [5, 5.41) is 0. The first kappa shape index (κ1) is 15.5. The van der Waals surface area contributed by atoms with Crippen molar-refractivity contribution < 1.29 is 18.1 Å². The molecule has 0 amide bonds. The third-order valence-corrected chi connectivity index (χ3v) is 5.66. The van der Waals surface area contributed by atoms with Crippen LogP contribution in [0.1, 0.15) is 30.0 Å². The maximum Gasteiger partial charge on any atom is 0.198 e. The molecule has 1 unspecified atom stereocenters. The number of hydrogen-bond acceptors (Lipinski definition) is 1. The average Bonchev–Trinajstić information content (AvgIpc) is 2.58. The van der Waals surface area contributed by atoms with Gasteiger partial charge >= 0.3 is 0 Å². The quantitative estimate of drug-likeness (QED) is 0.778. The van der Waals surface area contributed by atoms with Crippen molar-refractivity contribution in [2.45, 2.75) is 25.4 Å². The Bertz CT molecular complexity index is 766. The number of carbonyl (C=O) groups excluding carboxylic acids is 1. The first-order valence-electron chi connectivity index (χ1n) is 8.47. The zero-order chi connectivity index (χ0) is 16.7. The highest BCUT2D eigenvalue weighted by Crippen LogP contribution is 2.46. The summed E-state index contributed by atoms with van der Waals surface area (Å²) in [5.74, 6) is -1.06. The summed E-state index contributed by atoms with van der Waals surface area (Å²) in [4.78, 5) is 12.9. The number of nitrogens with zero attached hydrogens (tertiary/aromatic N) is 1. The highest BCUT2D eigenvalue weighted by molar-refractivity contribution is 5.87. The zero-order valence-electron chi connectivity index (χ0n) is 13.4. The van der Waals surface area contributed by atoms with E-state index in [-0.39, 0.29) is 11.7 Å². The molecular weight excluding hydrogens is 308 g/mol. The monoisotopic (exact) mass is 328 g/mol. The number of rotatable bonds is 3. The molecule has 5 rings (SSSR count). The molecule has 3 fully saturated rings. The van der Waals surface area contributed by atoms with Crippen LogP contribution in [0.2, 0.25) is 0 Å². The summed E-state index contributed by atoms with van der Waals surface area (Å²) in [5.41, 5.74) is 1.50. The number of ketones is 1. The predicted octanol–water partition coefficient (Wildman–Crippen LogP) is 4.02. The summed E-state index contributed by atoms with van der Waals surface area (Å²) in [6.07, 6.45) is 1.73. The smallest absolute Gasteiger partial charge is 0.198 e. The molecule has 4 heteroatoms. The Kier molecular flexibility index (Phi) is 3.72. The van der Waals surface area contributed by atoms with E-state index in [0.29, 0.717) is 16.6 Å². The minimum absolute atomic E-state index is 0.0234. The number of benzene rings is 2. The molecule has 2 nitrogen and oxygen atoms in total. The van der Waals surface area contributed by atoms with E-state index in [1.807, 2.05) is 18.2 Å². The fourth-order valence-corrected chi connectivity index (χ4v) is 4.49. The van der Waals surface area contributed by atoms with Crippen LogP contribution in [-0.4, -0.2) is 23.4 Å². The largest absolute Gasteiger partial charge is 0.307 e. The van der Waals surface area contributed by atoms with Crippen molar-refractivity contribution in [2.75, 3.05) is 13.1 Å². The van der Waals surface area contributed by atoms with Gasteiger partial charge in [-0.3, -0.25) is 4.79 Å². The minimum atomic E-state index is -0.605. The molecule has 3 aliphatic rings. The van der Waals surface area contributed by atoms with E-state index in [0.717, 1.165) is 37.6 Å². The zero-order valence-corrected chi connectivity index (χ0v) is 13.4. The second kappa shape index (κ2) is 5.78. The third-order valence-electron chi connectivity index (χ3n) is 5.66. The van der Waals surface area contributed by atoms with Crippen LogP contribution < -0.4 is 0 Å². The van der Waals surface area contributed by atoms with Gasteiger partial charge in [0.1, 0.15) is 18.2 Å². The molecular formula is C20H20F2NO+. The van der Waals surface area contributed by atoms with Crippen LogP contribution in [0.5, 0.6) is 0 Å². The minimum Gasteiger partial charge on any atom is -0.307 e. The van der Waals surface area contributed by atoms with Gasteiger partial charge in [-0.15, -0.1) is 0 Å². The van der Waals surface area contributed by atoms with Gasteiger partial charge in [0.05, 0.1) is 18.7 Å².